The molecular formula is C12H25NO2. The molecule has 0 aliphatic rings. The van der Waals surface area contributed by atoms with Crippen molar-refractivity contribution >= 4 is 5.91 Å². The highest BCUT2D eigenvalue weighted by Crippen LogP contribution is 2.06. The molecule has 1 N–H and O–H groups in total. The van der Waals surface area contributed by atoms with E-state index in [-0.39, 0.29) is 18.1 Å². The summed E-state index contributed by atoms with van der Waals surface area (Å²) in [6.45, 7) is 10.2. The van der Waals surface area contributed by atoms with Crippen molar-refractivity contribution in [2.24, 2.45) is 0 Å². The molecular weight excluding hydrogens is 190 g/mol. The molecule has 0 aromatic heterocycles. The average molecular weight is 215 g/mol. The summed E-state index contributed by atoms with van der Waals surface area (Å²) in [7, 11) is 0. The molecule has 1 amide bonds. The van der Waals surface area contributed by atoms with E-state index in [1.807, 2.05) is 20.8 Å². The topological polar surface area (TPSA) is 38.3 Å². The Hall–Kier alpha value is -0.570. The average Bonchev–Trinajstić information content (AvgIpc) is 2.13. The zero-order valence-electron chi connectivity index (χ0n) is 10.7. The van der Waals surface area contributed by atoms with Gasteiger partial charge in [0, 0.05) is 6.04 Å². The zero-order chi connectivity index (χ0) is 11.9. The Bertz CT molecular complexity index is 185. The highest BCUT2D eigenvalue weighted by molar-refractivity contribution is 5.77. The number of hydrogen-bond donors (Lipinski definition) is 1. The van der Waals surface area contributed by atoms with Crippen LogP contribution in [0.25, 0.3) is 0 Å². The maximum atomic E-state index is 11.5. The maximum absolute atomic E-state index is 11.5. The number of rotatable bonds is 6. The fraction of sp³-hybridized carbons (Fsp3) is 0.917. The molecule has 0 saturated carbocycles. The third-order valence-corrected chi connectivity index (χ3v) is 2.13. The Morgan fingerprint density at radius 1 is 1.33 bits per heavy atom. The zero-order valence-corrected chi connectivity index (χ0v) is 10.7. The summed E-state index contributed by atoms with van der Waals surface area (Å²) in [6, 6.07) is 0.297. The molecule has 0 radical (unpaired) electrons. The lowest BCUT2D eigenvalue weighted by Gasteiger charge is -2.21. The van der Waals surface area contributed by atoms with Crippen molar-refractivity contribution in [2.45, 2.75) is 65.5 Å². The summed E-state index contributed by atoms with van der Waals surface area (Å²) in [6.07, 6.45) is 3.12. The molecule has 0 aromatic rings. The lowest BCUT2D eigenvalue weighted by atomic mass is 10.1. The molecule has 3 heteroatoms. The number of carbonyl (C=O) groups excluding carboxylic acids is 1. The van der Waals surface area contributed by atoms with Crippen molar-refractivity contribution in [3.63, 3.8) is 0 Å². The number of hydrogen-bond acceptors (Lipinski definition) is 2. The van der Waals surface area contributed by atoms with Gasteiger partial charge < -0.3 is 10.1 Å². The number of nitrogens with one attached hydrogen (secondary N) is 1. The molecule has 0 rings (SSSR count). The first-order chi connectivity index (χ1) is 6.89. The van der Waals surface area contributed by atoms with Gasteiger partial charge in [0.05, 0.1) is 5.60 Å². The number of amides is 1. The molecule has 3 nitrogen and oxygen atoms in total. The van der Waals surface area contributed by atoms with E-state index in [0.717, 1.165) is 19.3 Å². The van der Waals surface area contributed by atoms with E-state index in [9.17, 15) is 4.79 Å². The molecule has 0 aliphatic heterocycles. The summed E-state index contributed by atoms with van der Waals surface area (Å²) in [5, 5.41) is 2.98. The van der Waals surface area contributed by atoms with E-state index in [1.165, 1.54) is 0 Å². The molecule has 0 aliphatic carbocycles. The molecule has 0 fully saturated rings. The first kappa shape index (κ1) is 14.4. The van der Waals surface area contributed by atoms with Crippen LogP contribution in [0.15, 0.2) is 0 Å². The second-order valence-corrected chi connectivity index (χ2v) is 4.86. The normalized spacial score (nSPS) is 13.7. The first-order valence-electron chi connectivity index (χ1n) is 5.82. The van der Waals surface area contributed by atoms with Crippen LogP contribution in [0, 0.1) is 0 Å². The summed E-state index contributed by atoms with van der Waals surface area (Å²) < 4.78 is 5.40. The minimum Gasteiger partial charge on any atom is -0.366 e. The van der Waals surface area contributed by atoms with Gasteiger partial charge in [0.25, 0.3) is 0 Å². The van der Waals surface area contributed by atoms with Gasteiger partial charge in [0.15, 0.2) is 0 Å². The van der Waals surface area contributed by atoms with E-state index in [4.69, 9.17) is 4.74 Å². The van der Waals surface area contributed by atoms with E-state index >= 15 is 0 Å². The minimum absolute atomic E-state index is 0.00905. The third kappa shape index (κ3) is 8.43. The molecule has 0 saturated heterocycles. The maximum Gasteiger partial charge on any atom is 0.246 e. The fourth-order valence-electron chi connectivity index (χ4n) is 1.28. The van der Waals surface area contributed by atoms with Gasteiger partial charge in [0.1, 0.15) is 6.61 Å². The van der Waals surface area contributed by atoms with Crippen molar-refractivity contribution in [1.29, 1.82) is 0 Å². The van der Waals surface area contributed by atoms with Crippen LogP contribution in [-0.2, 0) is 9.53 Å². The van der Waals surface area contributed by atoms with E-state index in [2.05, 4.69) is 19.2 Å². The Kier molecular flexibility index (Phi) is 6.57. The second-order valence-electron chi connectivity index (χ2n) is 4.86. The molecule has 15 heavy (non-hydrogen) atoms. The van der Waals surface area contributed by atoms with Gasteiger partial charge in [0.2, 0.25) is 5.91 Å². The minimum atomic E-state index is -0.246. The van der Waals surface area contributed by atoms with Crippen LogP contribution in [0.3, 0.4) is 0 Å². The Labute approximate surface area is 93.6 Å². The first-order valence-corrected chi connectivity index (χ1v) is 5.82. The lowest BCUT2D eigenvalue weighted by molar-refractivity contribution is -0.131. The van der Waals surface area contributed by atoms with Crippen LogP contribution < -0.4 is 5.32 Å². The molecule has 1 unspecified atom stereocenters. The molecule has 0 spiro atoms. The quantitative estimate of drug-likeness (QED) is 0.739. The summed E-state index contributed by atoms with van der Waals surface area (Å²) in [5.74, 6) is -0.00905. The summed E-state index contributed by atoms with van der Waals surface area (Å²) in [4.78, 5) is 11.5. The molecule has 0 aromatic carbocycles. The van der Waals surface area contributed by atoms with Crippen molar-refractivity contribution in [3.05, 3.63) is 0 Å². The van der Waals surface area contributed by atoms with Crippen molar-refractivity contribution < 1.29 is 9.53 Å². The smallest absolute Gasteiger partial charge is 0.246 e. The SMILES string of the molecule is CCCC(CC)NC(=O)COC(C)(C)C. The molecule has 1 atom stereocenters. The number of ether oxygens (including phenoxy) is 1. The van der Waals surface area contributed by atoms with Crippen LogP contribution in [0.2, 0.25) is 0 Å². The predicted molar refractivity (Wildman–Crippen MR) is 62.8 cm³/mol. The van der Waals surface area contributed by atoms with Crippen molar-refractivity contribution in [2.75, 3.05) is 6.61 Å². The van der Waals surface area contributed by atoms with Gasteiger partial charge in [-0.2, -0.15) is 0 Å². The van der Waals surface area contributed by atoms with Crippen LogP contribution in [0.4, 0.5) is 0 Å². The van der Waals surface area contributed by atoms with Crippen LogP contribution in [-0.4, -0.2) is 24.2 Å². The van der Waals surface area contributed by atoms with Gasteiger partial charge in [-0.25, -0.2) is 0 Å². The monoisotopic (exact) mass is 215 g/mol. The van der Waals surface area contributed by atoms with Crippen molar-refractivity contribution in [1.82, 2.24) is 5.32 Å². The third-order valence-electron chi connectivity index (χ3n) is 2.13. The summed E-state index contributed by atoms with van der Waals surface area (Å²) >= 11 is 0. The number of carbonyl (C=O) groups is 1. The fourth-order valence-corrected chi connectivity index (χ4v) is 1.28. The van der Waals surface area contributed by atoms with E-state index in [0.29, 0.717) is 6.04 Å². The largest absolute Gasteiger partial charge is 0.366 e. The Morgan fingerprint density at radius 3 is 2.33 bits per heavy atom. The highest BCUT2D eigenvalue weighted by Gasteiger charge is 2.14. The second kappa shape index (κ2) is 6.83. The standard InChI is InChI=1S/C12H25NO2/c1-6-8-10(7-2)13-11(14)9-15-12(3,4)5/h10H,6-9H2,1-5H3,(H,13,14). The van der Waals surface area contributed by atoms with Gasteiger partial charge in [-0.05, 0) is 33.6 Å². The lowest BCUT2D eigenvalue weighted by Crippen LogP contribution is -2.38. The predicted octanol–water partition coefficient (Wildman–Crippen LogP) is 2.50. The highest BCUT2D eigenvalue weighted by atomic mass is 16.5. The molecule has 90 valence electrons. The Morgan fingerprint density at radius 2 is 1.93 bits per heavy atom. The summed E-state index contributed by atoms with van der Waals surface area (Å²) in [5.41, 5.74) is -0.246. The van der Waals surface area contributed by atoms with Gasteiger partial charge in [-0.15, -0.1) is 0 Å². The van der Waals surface area contributed by atoms with E-state index < -0.39 is 0 Å². The van der Waals surface area contributed by atoms with Crippen LogP contribution in [0.5, 0.6) is 0 Å². The van der Waals surface area contributed by atoms with Gasteiger partial charge in [-0.3, -0.25) is 4.79 Å². The van der Waals surface area contributed by atoms with Crippen LogP contribution in [0.1, 0.15) is 53.9 Å². The van der Waals surface area contributed by atoms with Gasteiger partial charge >= 0.3 is 0 Å². The van der Waals surface area contributed by atoms with Gasteiger partial charge in [-0.1, -0.05) is 20.3 Å². The molecule has 0 heterocycles. The van der Waals surface area contributed by atoms with Crippen LogP contribution >= 0.6 is 0 Å². The molecule has 0 bridgehead atoms. The Balaban J connectivity index is 3.81. The van der Waals surface area contributed by atoms with E-state index in [1.54, 1.807) is 0 Å². The van der Waals surface area contributed by atoms with Crippen molar-refractivity contribution in [3.8, 4) is 0 Å².